The molecule has 4 nitrogen and oxygen atoms in total. The fourth-order valence-corrected chi connectivity index (χ4v) is 5.62. The third-order valence-corrected chi connectivity index (χ3v) is 8.26. The third kappa shape index (κ3) is 24.9. The normalized spacial score (nSPS) is 17.5. The summed E-state index contributed by atoms with van der Waals surface area (Å²) in [6, 6.07) is 0. The number of ether oxygens (including phenoxy) is 3. The molecule has 1 aliphatic heterocycles. The van der Waals surface area contributed by atoms with E-state index in [2.05, 4.69) is 13.8 Å². The molecule has 0 aliphatic carbocycles. The highest BCUT2D eigenvalue weighted by atomic mass is 16.7. The summed E-state index contributed by atoms with van der Waals surface area (Å²) in [5, 5.41) is 0. The molecule has 0 atom stereocenters. The van der Waals surface area contributed by atoms with E-state index in [9.17, 15) is 4.79 Å². The fourth-order valence-electron chi connectivity index (χ4n) is 5.62. The zero-order valence-corrected chi connectivity index (χ0v) is 26.5. The second-order valence-corrected chi connectivity index (χ2v) is 12.2. The van der Waals surface area contributed by atoms with E-state index in [-0.39, 0.29) is 18.4 Å². The summed E-state index contributed by atoms with van der Waals surface area (Å²) >= 11 is 0. The van der Waals surface area contributed by atoms with Crippen LogP contribution in [0.25, 0.3) is 0 Å². The van der Waals surface area contributed by atoms with Crippen molar-refractivity contribution in [2.24, 2.45) is 0 Å². The van der Waals surface area contributed by atoms with Crippen LogP contribution in [-0.2, 0) is 19.0 Å². The number of hydrogen-bond donors (Lipinski definition) is 0. The van der Waals surface area contributed by atoms with Gasteiger partial charge in [0, 0.05) is 6.42 Å². The summed E-state index contributed by atoms with van der Waals surface area (Å²) in [6.45, 7) is 5.52. The van der Waals surface area contributed by atoms with Crippen LogP contribution < -0.4 is 0 Å². The lowest BCUT2D eigenvalue weighted by Crippen LogP contribution is -2.38. The Hall–Kier alpha value is -0.610. The lowest BCUT2D eigenvalue weighted by Gasteiger charge is -2.29. The van der Waals surface area contributed by atoms with Gasteiger partial charge in [0.1, 0.15) is 6.10 Å². The Labute approximate surface area is 244 Å². The molecular weight excluding hydrogens is 484 g/mol. The first kappa shape index (κ1) is 36.4. The summed E-state index contributed by atoms with van der Waals surface area (Å²) in [6.07, 6.45) is 36.0. The summed E-state index contributed by atoms with van der Waals surface area (Å²) in [7, 11) is 0. The lowest BCUT2D eigenvalue weighted by atomic mass is 10.0. The van der Waals surface area contributed by atoms with Gasteiger partial charge >= 0.3 is 5.97 Å². The Morgan fingerprint density at radius 1 is 0.513 bits per heavy atom. The van der Waals surface area contributed by atoms with E-state index in [1.807, 2.05) is 0 Å². The molecule has 4 heteroatoms. The van der Waals surface area contributed by atoms with Gasteiger partial charge in [-0.25, -0.2) is 0 Å². The predicted octanol–water partition coefficient (Wildman–Crippen LogP) is 11.2. The van der Waals surface area contributed by atoms with Crippen LogP contribution in [0.3, 0.4) is 0 Å². The number of carbonyl (C=O) groups is 1. The molecule has 232 valence electrons. The molecule has 39 heavy (non-hydrogen) atoms. The Morgan fingerprint density at radius 3 is 1.23 bits per heavy atom. The van der Waals surface area contributed by atoms with Crippen LogP contribution in [-0.4, -0.2) is 31.6 Å². The van der Waals surface area contributed by atoms with Gasteiger partial charge in [0.25, 0.3) is 0 Å². The van der Waals surface area contributed by atoms with Crippen LogP contribution in [0, 0.1) is 0 Å². The Morgan fingerprint density at radius 2 is 0.846 bits per heavy atom. The van der Waals surface area contributed by atoms with Crippen molar-refractivity contribution in [2.75, 3.05) is 13.2 Å². The second-order valence-electron chi connectivity index (χ2n) is 12.2. The van der Waals surface area contributed by atoms with Gasteiger partial charge in [-0.3, -0.25) is 4.79 Å². The van der Waals surface area contributed by atoms with Gasteiger partial charge in [-0.2, -0.15) is 0 Å². The molecular formula is C35H68O4. The Balaban J connectivity index is 1.82. The number of hydrogen-bond acceptors (Lipinski definition) is 4. The third-order valence-electron chi connectivity index (χ3n) is 8.26. The molecule has 1 heterocycles. The highest BCUT2D eigenvalue weighted by Gasteiger charge is 2.24. The van der Waals surface area contributed by atoms with Crippen molar-refractivity contribution in [1.29, 1.82) is 0 Å². The molecule has 0 bridgehead atoms. The van der Waals surface area contributed by atoms with E-state index in [0.29, 0.717) is 19.6 Å². The Bertz CT molecular complexity index is 501. The second kappa shape index (κ2) is 28.9. The minimum atomic E-state index is -0.234. The molecule has 0 N–H and O–H groups in total. The van der Waals surface area contributed by atoms with Gasteiger partial charge in [-0.15, -0.1) is 0 Å². The van der Waals surface area contributed by atoms with Crippen LogP contribution in [0.4, 0.5) is 0 Å². The first-order chi connectivity index (χ1) is 19.3. The average molecular weight is 553 g/mol. The van der Waals surface area contributed by atoms with E-state index in [1.165, 1.54) is 148 Å². The molecule has 0 saturated carbocycles. The van der Waals surface area contributed by atoms with Crippen molar-refractivity contribution < 1.29 is 19.0 Å². The summed E-state index contributed by atoms with van der Waals surface area (Å²) in [4.78, 5) is 12.2. The molecule has 0 spiro atoms. The van der Waals surface area contributed by atoms with E-state index < -0.39 is 0 Å². The van der Waals surface area contributed by atoms with Gasteiger partial charge in [-0.05, 0) is 19.3 Å². The molecule has 1 rings (SSSR count). The van der Waals surface area contributed by atoms with Crippen LogP contribution in [0.1, 0.15) is 194 Å². The van der Waals surface area contributed by atoms with Crippen LogP contribution in [0.15, 0.2) is 0 Å². The number of rotatable bonds is 29. The standard InChI is InChI=1S/C35H68O4/c1-3-5-7-9-11-13-15-17-19-21-23-25-27-29-34(36)39-33-31-37-35(38-32-33)30-28-26-24-22-20-18-16-14-12-10-8-6-4-2/h33,35H,3-32H2,1-2H3. The van der Waals surface area contributed by atoms with Gasteiger partial charge < -0.3 is 14.2 Å². The maximum absolute atomic E-state index is 12.2. The molecule has 1 saturated heterocycles. The van der Waals surface area contributed by atoms with Crippen molar-refractivity contribution in [1.82, 2.24) is 0 Å². The largest absolute Gasteiger partial charge is 0.457 e. The lowest BCUT2D eigenvalue weighted by molar-refractivity contribution is -0.227. The van der Waals surface area contributed by atoms with Crippen molar-refractivity contribution in [3.8, 4) is 0 Å². The van der Waals surface area contributed by atoms with Crippen LogP contribution >= 0.6 is 0 Å². The maximum Gasteiger partial charge on any atom is 0.306 e. The molecule has 0 unspecified atom stereocenters. The molecule has 0 aromatic heterocycles. The first-order valence-corrected chi connectivity index (χ1v) is 17.7. The average Bonchev–Trinajstić information content (AvgIpc) is 2.94. The van der Waals surface area contributed by atoms with Crippen LogP contribution in [0.2, 0.25) is 0 Å². The Kier molecular flexibility index (Phi) is 27.0. The SMILES string of the molecule is CCCCCCCCCCCCCCCC(=O)OC1COC(CCCCCCCCCCCCCCC)OC1. The zero-order chi connectivity index (χ0) is 28.1. The van der Waals surface area contributed by atoms with E-state index in [0.717, 1.165) is 25.7 Å². The molecule has 1 fully saturated rings. The minimum absolute atomic E-state index is 0.0924. The van der Waals surface area contributed by atoms with E-state index in [1.54, 1.807) is 0 Å². The molecule has 0 aromatic rings. The highest BCUT2D eigenvalue weighted by molar-refractivity contribution is 5.69. The monoisotopic (exact) mass is 553 g/mol. The molecule has 0 amide bonds. The smallest absolute Gasteiger partial charge is 0.306 e. The van der Waals surface area contributed by atoms with Crippen LogP contribution in [0.5, 0.6) is 0 Å². The predicted molar refractivity (Wildman–Crippen MR) is 166 cm³/mol. The van der Waals surface area contributed by atoms with Gasteiger partial charge in [0.15, 0.2) is 6.29 Å². The maximum atomic E-state index is 12.2. The van der Waals surface area contributed by atoms with Crippen molar-refractivity contribution >= 4 is 5.97 Å². The quantitative estimate of drug-likeness (QED) is 0.0683. The number of unbranched alkanes of at least 4 members (excludes halogenated alkanes) is 24. The van der Waals surface area contributed by atoms with Gasteiger partial charge in [0.2, 0.25) is 0 Å². The van der Waals surface area contributed by atoms with Crippen molar-refractivity contribution in [2.45, 2.75) is 206 Å². The van der Waals surface area contributed by atoms with E-state index >= 15 is 0 Å². The van der Waals surface area contributed by atoms with E-state index in [4.69, 9.17) is 14.2 Å². The molecule has 0 aromatic carbocycles. The minimum Gasteiger partial charge on any atom is -0.457 e. The topological polar surface area (TPSA) is 44.8 Å². The number of esters is 1. The fraction of sp³-hybridized carbons (Fsp3) is 0.971. The zero-order valence-electron chi connectivity index (χ0n) is 26.5. The first-order valence-electron chi connectivity index (χ1n) is 17.7. The summed E-state index contributed by atoms with van der Waals surface area (Å²) in [5.74, 6) is -0.0924. The number of carbonyl (C=O) groups excluding carboxylic acids is 1. The van der Waals surface area contributed by atoms with Crippen molar-refractivity contribution in [3.05, 3.63) is 0 Å². The highest BCUT2D eigenvalue weighted by Crippen LogP contribution is 2.18. The summed E-state index contributed by atoms with van der Waals surface area (Å²) < 4.78 is 17.2. The molecule has 1 aliphatic rings. The van der Waals surface area contributed by atoms with Gasteiger partial charge in [0.05, 0.1) is 13.2 Å². The summed E-state index contributed by atoms with van der Waals surface area (Å²) in [5.41, 5.74) is 0. The van der Waals surface area contributed by atoms with Crippen molar-refractivity contribution in [3.63, 3.8) is 0 Å². The van der Waals surface area contributed by atoms with Gasteiger partial charge in [-0.1, -0.05) is 168 Å². The molecule has 0 radical (unpaired) electrons.